The molecule has 0 heterocycles. The maximum Gasteiger partial charge on any atom is 0.195 e. The average molecular weight is 259 g/mol. The van der Waals surface area contributed by atoms with Crippen molar-refractivity contribution in [3.05, 3.63) is 69.2 Å². The van der Waals surface area contributed by atoms with E-state index in [1.165, 1.54) is 5.56 Å². The van der Waals surface area contributed by atoms with Gasteiger partial charge in [0.1, 0.15) is 0 Å². The normalized spacial score (nSPS) is 10.4. The van der Waals surface area contributed by atoms with Crippen molar-refractivity contribution in [1.82, 2.24) is 0 Å². The van der Waals surface area contributed by atoms with E-state index < -0.39 is 0 Å². The first-order chi connectivity index (χ1) is 8.50. The molecule has 0 saturated heterocycles. The van der Waals surface area contributed by atoms with Crippen LogP contribution in [0.1, 0.15) is 32.6 Å². The number of rotatable bonds is 2. The number of hydrogen-bond donors (Lipinski definition) is 0. The van der Waals surface area contributed by atoms with Crippen LogP contribution in [0.15, 0.2) is 36.4 Å². The van der Waals surface area contributed by atoms with Crippen LogP contribution in [-0.4, -0.2) is 5.78 Å². The minimum absolute atomic E-state index is 0.00407. The summed E-state index contributed by atoms with van der Waals surface area (Å²) in [5.41, 5.74) is 4.48. The number of carbonyl (C=O) groups is 1. The predicted molar refractivity (Wildman–Crippen MR) is 75.5 cm³/mol. The largest absolute Gasteiger partial charge is 0.289 e. The summed E-state index contributed by atoms with van der Waals surface area (Å²) >= 11 is 6.08. The van der Waals surface area contributed by atoms with Crippen LogP contribution in [0.2, 0.25) is 5.02 Å². The smallest absolute Gasteiger partial charge is 0.195 e. The Balaban J connectivity index is 2.57. The zero-order valence-corrected chi connectivity index (χ0v) is 11.5. The number of benzene rings is 2. The minimum Gasteiger partial charge on any atom is -0.289 e. The molecule has 0 spiro atoms. The lowest BCUT2D eigenvalue weighted by Crippen LogP contribution is -2.07. The third-order valence-corrected chi connectivity index (χ3v) is 3.35. The topological polar surface area (TPSA) is 17.1 Å². The summed E-state index contributed by atoms with van der Waals surface area (Å²) in [5, 5.41) is 0.502. The predicted octanol–water partition coefficient (Wildman–Crippen LogP) is 4.50. The fraction of sp³-hybridized carbons (Fsp3) is 0.188. The van der Waals surface area contributed by atoms with Crippen LogP contribution in [0.4, 0.5) is 0 Å². The Hall–Kier alpha value is -1.60. The first-order valence-electron chi connectivity index (χ1n) is 5.88. The lowest BCUT2D eigenvalue weighted by Gasteiger charge is -2.11. The molecule has 0 aliphatic rings. The molecule has 1 nitrogen and oxygen atoms in total. The Labute approximate surface area is 112 Å². The van der Waals surface area contributed by atoms with Gasteiger partial charge in [-0.1, -0.05) is 41.4 Å². The quantitative estimate of drug-likeness (QED) is 0.725. The molecular weight excluding hydrogens is 244 g/mol. The highest BCUT2D eigenvalue weighted by molar-refractivity contribution is 6.35. The number of hydrogen-bond acceptors (Lipinski definition) is 1. The first-order valence-corrected chi connectivity index (χ1v) is 6.25. The van der Waals surface area contributed by atoms with E-state index in [-0.39, 0.29) is 5.78 Å². The Morgan fingerprint density at radius 2 is 1.56 bits per heavy atom. The molecule has 0 N–H and O–H groups in total. The minimum atomic E-state index is -0.00407. The van der Waals surface area contributed by atoms with Crippen molar-refractivity contribution in [1.29, 1.82) is 0 Å². The standard InChI is InChI=1S/C16H15ClO/c1-10-8-11(2)15(12(3)9-10)16(18)13-6-4-5-7-14(13)17/h4-9H,1-3H3. The van der Waals surface area contributed by atoms with Crippen molar-refractivity contribution in [2.75, 3.05) is 0 Å². The van der Waals surface area contributed by atoms with Gasteiger partial charge in [-0.15, -0.1) is 0 Å². The summed E-state index contributed by atoms with van der Waals surface area (Å²) in [6, 6.07) is 11.2. The molecule has 0 radical (unpaired) electrons. The molecule has 0 unspecified atom stereocenters. The van der Waals surface area contributed by atoms with Gasteiger partial charge in [-0.3, -0.25) is 4.79 Å². The molecule has 18 heavy (non-hydrogen) atoms. The zero-order valence-electron chi connectivity index (χ0n) is 10.8. The lowest BCUT2D eigenvalue weighted by atomic mass is 9.93. The Kier molecular flexibility index (Phi) is 3.53. The maximum absolute atomic E-state index is 12.5. The van der Waals surface area contributed by atoms with E-state index in [0.29, 0.717) is 10.6 Å². The van der Waals surface area contributed by atoms with E-state index in [0.717, 1.165) is 16.7 Å². The Morgan fingerprint density at radius 3 is 2.11 bits per heavy atom. The molecule has 2 rings (SSSR count). The molecule has 92 valence electrons. The van der Waals surface area contributed by atoms with E-state index in [2.05, 4.69) is 0 Å². The molecule has 2 aromatic carbocycles. The molecule has 0 atom stereocenters. The third-order valence-electron chi connectivity index (χ3n) is 3.02. The van der Waals surface area contributed by atoms with Crippen LogP contribution >= 0.6 is 11.6 Å². The van der Waals surface area contributed by atoms with E-state index in [1.54, 1.807) is 12.1 Å². The van der Waals surface area contributed by atoms with Crippen molar-refractivity contribution in [2.45, 2.75) is 20.8 Å². The second-order valence-corrected chi connectivity index (χ2v) is 4.99. The van der Waals surface area contributed by atoms with Gasteiger partial charge in [0, 0.05) is 11.1 Å². The molecule has 2 aromatic rings. The third kappa shape index (κ3) is 2.32. The molecule has 0 aliphatic heterocycles. The second kappa shape index (κ2) is 4.95. The summed E-state index contributed by atoms with van der Waals surface area (Å²) in [4.78, 5) is 12.5. The molecule has 0 fully saturated rings. The fourth-order valence-corrected chi connectivity index (χ4v) is 2.54. The van der Waals surface area contributed by atoms with Crippen LogP contribution in [0, 0.1) is 20.8 Å². The molecule has 2 heteroatoms. The summed E-state index contributed by atoms with van der Waals surface area (Å²) in [6.07, 6.45) is 0. The second-order valence-electron chi connectivity index (χ2n) is 4.58. The van der Waals surface area contributed by atoms with Gasteiger partial charge >= 0.3 is 0 Å². The first kappa shape index (κ1) is 12.8. The van der Waals surface area contributed by atoms with Gasteiger partial charge in [-0.05, 0) is 44.0 Å². The zero-order chi connectivity index (χ0) is 13.3. The summed E-state index contributed by atoms with van der Waals surface area (Å²) in [7, 11) is 0. The van der Waals surface area contributed by atoms with Gasteiger partial charge in [0.25, 0.3) is 0 Å². The summed E-state index contributed by atoms with van der Waals surface area (Å²) < 4.78 is 0. The van der Waals surface area contributed by atoms with E-state index in [9.17, 15) is 4.79 Å². The number of ketones is 1. The molecule has 0 bridgehead atoms. The molecule has 0 amide bonds. The van der Waals surface area contributed by atoms with Crippen molar-refractivity contribution in [3.63, 3.8) is 0 Å². The van der Waals surface area contributed by atoms with Gasteiger partial charge < -0.3 is 0 Å². The van der Waals surface area contributed by atoms with E-state index >= 15 is 0 Å². The van der Waals surface area contributed by atoms with Gasteiger partial charge in [-0.25, -0.2) is 0 Å². The number of carbonyl (C=O) groups excluding carboxylic acids is 1. The van der Waals surface area contributed by atoms with Crippen LogP contribution in [0.3, 0.4) is 0 Å². The maximum atomic E-state index is 12.5. The Bertz CT molecular complexity index is 591. The molecular formula is C16H15ClO. The van der Waals surface area contributed by atoms with Crippen LogP contribution < -0.4 is 0 Å². The molecule has 0 saturated carbocycles. The average Bonchev–Trinajstić information content (AvgIpc) is 2.27. The molecule has 0 aromatic heterocycles. The van der Waals surface area contributed by atoms with Crippen LogP contribution in [0.25, 0.3) is 0 Å². The lowest BCUT2D eigenvalue weighted by molar-refractivity contribution is 0.103. The number of aryl methyl sites for hydroxylation is 3. The fourth-order valence-electron chi connectivity index (χ4n) is 2.32. The van der Waals surface area contributed by atoms with E-state index in [4.69, 9.17) is 11.6 Å². The van der Waals surface area contributed by atoms with Crippen molar-refractivity contribution in [3.8, 4) is 0 Å². The summed E-state index contributed by atoms with van der Waals surface area (Å²) in [5.74, 6) is -0.00407. The van der Waals surface area contributed by atoms with Crippen LogP contribution in [0.5, 0.6) is 0 Å². The molecule has 0 aliphatic carbocycles. The van der Waals surface area contributed by atoms with Crippen LogP contribution in [-0.2, 0) is 0 Å². The van der Waals surface area contributed by atoms with Gasteiger partial charge in [0.05, 0.1) is 5.02 Å². The van der Waals surface area contributed by atoms with E-state index in [1.807, 2.05) is 45.0 Å². The van der Waals surface area contributed by atoms with Gasteiger partial charge in [0.2, 0.25) is 0 Å². The SMILES string of the molecule is Cc1cc(C)c(C(=O)c2ccccc2Cl)c(C)c1. The summed E-state index contributed by atoms with van der Waals surface area (Å²) in [6.45, 7) is 5.96. The number of halogens is 1. The highest BCUT2D eigenvalue weighted by Gasteiger charge is 2.16. The van der Waals surface area contributed by atoms with Gasteiger partial charge in [-0.2, -0.15) is 0 Å². The van der Waals surface area contributed by atoms with Crippen molar-refractivity contribution in [2.24, 2.45) is 0 Å². The van der Waals surface area contributed by atoms with Crippen molar-refractivity contribution < 1.29 is 4.79 Å². The monoisotopic (exact) mass is 258 g/mol. The van der Waals surface area contributed by atoms with Crippen molar-refractivity contribution >= 4 is 17.4 Å². The Morgan fingerprint density at radius 1 is 1.00 bits per heavy atom. The highest BCUT2D eigenvalue weighted by Crippen LogP contribution is 2.24. The highest BCUT2D eigenvalue weighted by atomic mass is 35.5. The van der Waals surface area contributed by atoms with Gasteiger partial charge in [0.15, 0.2) is 5.78 Å².